The molecule has 0 aromatic carbocycles. The van der Waals surface area contributed by atoms with Crippen molar-refractivity contribution in [3.05, 3.63) is 0 Å². The number of hydrogen-bond donors (Lipinski definition) is 0. The summed E-state index contributed by atoms with van der Waals surface area (Å²) in [6.45, 7) is 2.81. The highest BCUT2D eigenvalue weighted by atomic mass is 16.6. The minimum Gasteiger partial charge on any atom is -0.431 e. The summed E-state index contributed by atoms with van der Waals surface area (Å²) in [5, 5.41) is 3.35. The van der Waals surface area contributed by atoms with E-state index in [0.29, 0.717) is 12.8 Å². The summed E-state index contributed by atoms with van der Waals surface area (Å²) in [5.74, 6) is 0.490. The van der Waals surface area contributed by atoms with Gasteiger partial charge in [0, 0.05) is 32.5 Å². The average Bonchev–Trinajstić information content (AvgIpc) is 3.00. The number of likely N-dealkylation sites (tertiary alicyclic amines) is 1. The summed E-state index contributed by atoms with van der Waals surface area (Å²) in [6, 6.07) is 0. The third kappa shape index (κ3) is 1.69. The maximum atomic E-state index is 11.6. The molecular formula is C11H15N2O3. The Hall–Kier alpha value is -1.10. The highest BCUT2D eigenvalue weighted by molar-refractivity contribution is 6.02. The first-order chi connectivity index (χ1) is 7.68. The standard InChI is InChI=1S/C11H15N2O3/c14-9-11(16-10(15)12-9)3-5-13(6-4-11)7-8-1-2-8/h8H,1-7H2. The fraction of sp³-hybridized carbons (Fsp3) is 0.818. The van der Waals surface area contributed by atoms with Crippen LogP contribution in [0.4, 0.5) is 4.79 Å². The van der Waals surface area contributed by atoms with Crippen LogP contribution >= 0.6 is 0 Å². The number of rotatable bonds is 2. The Morgan fingerprint density at radius 3 is 2.50 bits per heavy atom. The SMILES string of the molecule is O=C1[N]C(=O)C2(CCN(CC3CC3)CC2)O1. The van der Waals surface area contributed by atoms with E-state index in [9.17, 15) is 9.59 Å². The Morgan fingerprint density at radius 1 is 1.31 bits per heavy atom. The van der Waals surface area contributed by atoms with Crippen molar-refractivity contribution in [1.82, 2.24) is 10.2 Å². The van der Waals surface area contributed by atoms with Gasteiger partial charge < -0.3 is 9.64 Å². The molecule has 1 aliphatic carbocycles. The Balaban J connectivity index is 1.60. The van der Waals surface area contributed by atoms with Gasteiger partial charge in [0.15, 0.2) is 5.60 Å². The quantitative estimate of drug-likeness (QED) is 0.684. The first-order valence-corrected chi connectivity index (χ1v) is 5.89. The van der Waals surface area contributed by atoms with Crippen LogP contribution in [-0.4, -0.2) is 42.1 Å². The van der Waals surface area contributed by atoms with Gasteiger partial charge in [0.1, 0.15) is 0 Å². The van der Waals surface area contributed by atoms with Crippen LogP contribution < -0.4 is 5.32 Å². The number of piperidine rings is 1. The topological polar surface area (TPSA) is 60.7 Å². The van der Waals surface area contributed by atoms with Crippen LogP contribution in [0.15, 0.2) is 0 Å². The molecule has 5 nitrogen and oxygen atoms in total. The molecule has 5 heteroatoms. The fourth-order valence-corrected chi connectivity index (χ4v) is 2.50. The molecule has 2 aliphatic heterocycles. The predicted molar refractivity (Wildman–Crippen MR) is 54.8 cm³/mol. The zero-order valence-electron chi connectivity index (χ0n) is 9.15. The third-order valence-corrected chi connectivity index (χ3v) is 3.74. The van der Waals surface area contributed by atoms with Crippen molar-refractivity contribution in [2.24, 2.45) is 5.92 Å². The van der Waals surface area contributed by atoms with Crippen LogP contribution in [0.5, 0.6) is 0 Å². The molecule has 1 saturated carbocycles. The molecule has 0 bridgehead atoms. The second-order valence-electron chi connectivity index (χ2n) is 5.02. The molecule has 2 saturated heterocycles. The molecule has 2 heterocycles. The fourth-order valence-electron chi connectivity index (χ4n) is 2.50. The Bertz CT molecular complexity index is 330. The lowest BCUT2D eigenvalue weighted by Gasteiger charge is -2.35. The van der Waals surface area contributed by atoms with E-state index in [1.807, 2.05) is 0 Å². The van der Waals surface area contributed by atoms with Crippen LogP contribution in [0.3, 0.4) is 0 Å². The van der Waals surface area contributed by atoms with Gasteiger partial charge in [0.2, 0.25) is 0 Å². The Labute approximate surface area is 94.1 Å². The lowest BCUT2D eigenvalue weighted by molar-refractivity contribution is -0.135. The number of nitrogens with zero attached hydrogens (tertiary/aromatic N) is 2. The van der Waals surface area contributed by atoms with Gasteiger partial charge in [-0.1, -0.05) is 0 Å². The average molecular weight is 223 g/mol. The van der Waals surface area contributed by atoms with Crippen molar-refractivity contribution < 1.29 is 14.3 Å². The number of amides is 2. The van der Waals surface area contributed by atoms with Crippen LogP contribution in [0.25, 0.3) is 0 Å². The normalized spacial score (nSPS) is 29.2. The van der Waals surface area contributed by atoms with Gasteiger partial charge in [-0.2, -0.15) is 0 Å². The second kappa shape index (κ2) is 3.45. The van der Waals surface area contributed by atoms with Gasteiger partial charge in [-0.05, 0) is 18.8 Å². The van der Waals surface area contributed by atoms with E-state index in [1.54, 1.807) is 0 Å². The molecule has 0 unspecified atom stereocenters. The molecule has 16 heavy (non-hydrogen) atoms. The van der Waals surface area contributed by atoms with Gasteiger partial charge in [0.25, 0.3) is 5.91 Å². The molecule has 0 aromatic rings. The van der Waals surface area contributed by atoms with Gasteiger partial charge in [-0.15, -0.1) is 5.32 Å². The molecule has 3 fully saturated rings. The van der Waals surface area contributed by atoms with E-state index in [1.165, 1.54) is 12.8 Å². The highest BCUT2D eigenvalue weighted by Crippen LogP contribution is 2.34. The molecule has 87 valence electrons. The lowest BCUT2D eigenvalue weighted by Crippen LogP contribution is -2.49. The summed E-state index contributed by atoms with van der Waals surface area (Å²) in [5.41, 5.74) is -0.906. The molecule has 1 radical (unpaired) electrons. The Morgan fingerprint density at radius 2 is 2.00 bits per heavy atom. The van der Waals surface area contributed by atoms with Gasteiger partial charge in [-0.25, -0.2) is 4.79 Å². The summed E-state index contributed by atoms with van der Waals surface area (Å²) in [6.07, 6.45) is 3.18. The maximum absolute atomic E-state index is 11.6. The van der Waals surface area contributed by atoms with E-state index in [-0.39, 0.29) is 5.91 Å². The van der Waals surface area contributed by atoms with E-state index in [4.69, 9.17) is 4.74 Å². The van der Waals surface area contributed by atoms with Crippen LogP contribution in [0, 0.1) is 5.92 Å². The first-order valence-electron chi connectivity index (χ1n) is 5.89. The zero-order chi connectivity index (χ0) is 11.2. The predicted octanol–water partition coefficient (Wildman–Crippen LogP) is 0.512. The Kier molecular flexibility index (Phi) is 2.17. The molecule has 3 aliphatic rings. The van der Waals surface area contributed by atoms with Gasteiger partial charge in [0.05, 0.1) is 0 Å². The van der Waals surface area contributed by atoms with E-state index < -0.39 is 11.7 Å². The number of hydrogen-bond acceptors (Lipinski definition) is 4. The number of imide groups is 1. The summed E-state index contributed by atoms with van der Waals surface area (Å²) < 4.78 is 5.09. The maximum Gasteiger partial charge on any atom is 0.437 e. The molecular weight excluding hydrogens is 208 g/mol. The molecule has 2 amide bonds. The van der Waals surface area contributed by atoms with E-state index in [2.05, 4.69) is 10.2 Å². The summed E-state index contributed by atoms with van der Waals surface area (Å²) in [4.78, 5) is 24.9. The third-order valence-electron chi connectivity index (χ3n) is 3.74. The van der Waals surface area contributed by atoms with Crippen molar-refractivity contribution in [3.63, 3.8) is 0 Å². The smallest absolute Gasteiger partial charge is 0.431 e. The number of ether oxygens (including phenoxy) is 1. The first kappa shape index (κ1) is 10.1. The largest absolute Gasteiger partial charge is 0.437 e. The van der Waals surface area contributed by atoms with Crippen LogP contribution in [-0.2, 0) is 9.53 Å². The zero-order valence-corrected chi connectivity index (χ0v) is 9.15. The lowest BCUT2D eigenvalue weighted by atomic mass is 9.91. The summed E-state index contributed by atoms with van der Waals surface area (Å²) in [7, 11) is 0. The number of carbonyl (C=O) groups is 2. The highest BCUT2D eigenvalue weighted by Gasteiger charge is 2.52. The second-order valence-corrected chi connectivity index (χ2v) is 5.02. The van der Waals surface area contributed by atoms with Crippen molar-refractivity contribution in [2.75, 3.05) is 19.6 Å². The van der Waals surface area contributed by atoms with Gasteiger partial charge >= 0.3 is 6.09 Å². The number of carbonyl (C=O) groups excluding carboxylic acids is 2. The van der Waals surface area contributed by atoms with Crippen molar-refractivity contribution >= 4 is 12.0 Å². The van der Waals surface area contributed by atoms with Crippen molar-refractivity contribution in [3.8, 4) is 0 Å². The van der Waals surface area contributed by atoms with Gasteiger partial charge in [-0.3, -0.25) is 4.79 Å². The van der Waals surface area contributed by atoms with E-state index in [0.717, 1.165) is 25.6 Å². The molecule has 1 spiro atoms. The van der Waals surface area contributed by atoms with Crippen LogP contribution in [0.2, 0.25) is 0 Å². The molecule has 3 rings (SSSR count). The van der Waals surface area contributed by atoms with Crippen LogP contribution in [0.1, 0.15) is 25.7 Å². The van der Waals surface area contributed by atoms with Crippen molar-refractivity contribution in [2.45, 2.75) is 31.3 Å². The monoisotopic (exact) mass is 223 g/mol. The minimum atomic E-state index is -0.906. The van der Waals surface area contributed by atoms with E-state index >= 15 is 0 Å². The molecule has 0 atom stereocenters. The summed E-state index contributed by atoms with van der Waals surface area (Å²) >= 11 is 0. The minimum absolute atomic E-state index is 0.372. The molecule has 0 N–H and O–H groups in total. The van der Waals surface area contributed by atoms with Crippen molar-refractivity contribution in [1.29, 1.82) is 0 Å². The molecule has 0 aromatic heterocycles.